The van der Waals surface area contributed by atoms with Crippen LogP contribution in [0.25, 0.3) is 0 Å². The highest BCUT2D eigenvalue weighted by Gasteiger charge is 2.37. The van der Waals surface area contributed by atoms with Crippen molar-refractivity contribution in [1.82, 2.24) is 10.2 Å². The zero-order chi connectivity index (χ0) is 14.0. The van der Waals surface area contributed by atoms with Crippen molar-refractivity contribution >= 4 is 23.6 Å². The largest absolute Gasteiger partial charge is 0.344 e. The smallest absolute Gasteiger partial charge is 0.245 e. The molecule has 2 amide bonds. The van der Waals surface area contributed by atoms with E-state index in [9.17, 15) is 9.59 Å². The zero-order valence-corrected chi connectivity index (χ0v) is 12.9. The normalized spacial score (nSPS) is 32.6. The van der Waals surface area contributed by atoms with Crippen molar-refractivity contribution < 1.29 is 9.59 Å². The van der Waals surface area contributed by atoms with E-state index in [2.05, 4.69) is 12.2 Å². The van der Waals surface area contributed by atoms with Gasteiger partial charge in [0.15, 0.2) is 0 Å². The van der Waals surface area contributed by atoms with E-state index in [1.807, 2.05) is 30.5 Å². The van der Waals surface area contributed by atoms with Gasteiger partial charge in [-0.05, 0) is 31.4 Å². The van der Waals surface area contributed by atoms with Gasteiger partial charge < -0.3 is 10.2 Å². The third-order valence-electron chi connectivity index (χ3n) is 4.00. The van der Waals surface area contributed by atoms with Crippen LogP contribution in [0.15, 0.2) is 0 Å². The molecule has 1 N–H and O–H groups in total. The Morgan fingerprint density at radius 2 is 2.21 bits per heavy atom. The van der Waals surface area contributed by atoms with Crippen LogP contribution >= 0.6 is 11.8 Å². The average molecular weight is 284 g/mol. The van der Waals surface area contributed by atoms with Crippen LogP contribution in [0.3, 0.4) is 0 Å². The van der Waals surface area contributed by atoms with Crippen LogP contribution < -0.4 is 5.32 Å². The van der Waals surface area contributed by atoms with Gasteiger partial charge in [0.05, 0.1) is 0 Å². The molecule has 0 aliphatic carbocycles. The predicted molar refractivity (Wildman–Crippen MR) is 78.1 cm³/mol. The highest BCUT2D eigenvalue weighted by Crippen LogP contribution is 2.38. The van der Waals surface area contributed by atoms with E-state index in [4.69, 9.17) is 0 Å². The number of amides is 2. The number of carbonyl (C=O) groups excluding carboxylic acids is 2. The molecule has 0 aromatic heterocycles. The number of hydrogen-bond acceptors (Lipinski definition) is 3. The van der Waals surface area contributed by atoms with Gasteiger partial charge in [0.1, 0.15) is 6.04 Å². The molecule has 108 valence electrons. The van der Waals surface area contributed by atoms with Crippen LogP contribution in [0.1, 0.15) is 40.0 Å². The van der Waals surface area contributed by atoms with Gasteiger partial charge in [-0.15, -0.1) is 0 Å². The van der Waals surface area contributed by atoms with Gasteiger partial charge in [0, 0.05) is 24.3 Å². The van der Waals surface area contributed by atoms with Crippen molar-refractivity contribution in [2.24, 2.45) is 5.92 Å². The molecular formula is C14H24N2O2S. The Labute approximate surface area is 119 Å². The molecule has 2 rings (SSSR count). The summed E-state index contributed by atoms with van der Waals surface area (Å²) in [5.74, 6) is 1.41. The van der Waals surface area contributed by atoms with Gasteiger partial charge in [-0.3, -0.25) is 9.59 Å². The molecule has 2 fully saturated rings. The van der Waals surface area contributed by atoms with E-state index in [-0.39, 0.29) is 28.5 Å². The summed E-state index contributed by atoms with van der Waals surface area (Å²) in [6.07, 6.45) is 2.82. The van der Waals surface area contributed by atoms with Gasteiger partial charge in [-0.25, -0.2) is 0 Å². The Bertz CT molecular complexity index is 364. The summed E-state index contributed by atoms with van der Waals surface area (Å²) in [7, 11) is 0. The first-order valence-corrected chi connectivity index (χ1v) is 8.12. The van der Waals surface area contributed by atoms with Crippen LogP contribution in [0.5, 0.6) is 0 Å². The summed E-state index contributed by atoms with van der Waals surface area (Å²) in [5, 5.41) is 2.86. The second-order valence-corrected chi connectivity index (χ2v) is 7.88. The second kappa shape index (κ2) is 5.73. The molecule has 4 nitrogen and oxygen atoms in total. The lowest BCUT2D eigenvalue weighted by atomic mass is 10.0. The maximum Gasteiger partial charge on any atom is 0.245 e. The van der Waals surface area contributed by atoms with Crippen molar-refractivity contribution in [2.75, 3.05) is 18.8 Å². The summed E-state index contributed by atoms with van der Waals surface area (Å²) < 4.78 is 0.171. The lowest BCUT2D eigenvalue weighted by Crippen LogP contribution is -2.50. The minimum Gasteiger partial charge on any atom is -0.344 e. The molecule has 19 heavy (non-hydrogen) atoms. The summed E-state index contributed by atoms with van der Waals surface area (Å²) in [4.78, 5) is 26.2. The number of rotatable bonds is 3. The van der Waals surface area contributed by atoms with Gasteiger partial charge in [0.25, 0.3) is 0 Å². The highest BCUT2D eigenvalue weighted by molar-refractivity contribution is 8.00. The Morgan fingerprint density at radius 3 is 2.79 bits per heavy atom. The molecule has 0 aromatic carbocycles. The fourth-order valence-corrected chi connectivity index (χ4v) is 4.14. The highest BCUT2D eigenvalue weighted by atomic mass is 32.2. The molecule has 0 aromatic rings. The Balaban J connectivity index is 2.10. The standard InChI is InChI=1S/C14H24N2O2S/c1-10(2)12-13(18)16(7-5-11(17)15-12)9-14(3)6-4-8-19-14/h10,12H,4-9H2,1-3H3,(H,15,17). The molecule has 2 saturated heterocycles. The number of nitrogens with zero attached hydrogens (tertiary/aromatic N) is 1. The van der Waals surface area contributed by atoms with Gasteiger partial charge in [0.2, 0.25) is 11.8 Å². The lowest BCUT2D eigenvalue weighted by molar-refractivity contribution is -0.135. The predicted octanol–water partition coefficient (Wildman–Crippen LogP) is 1.65. The van der Waals surface area contributed by atoms with Crippen LogP contribution in [0.2, 0.25) is 0 Å². The molecule has 2 aliphatic heterocycles. The molecule has 2 unspecified atom stereocenters. The third kappa shape index (κ3) is 3.44. The van der Waals surface area contributed by atoms with Crippen molar-refractivity contribution in [2.45, 2.75) is 50.8 Å². The molecule has 0 spiro atoms. The maximum absolute atomic E-state index is 12.6. The monoisotopic (exact) mass is 284 g/mol. The number of hydrogen-bond donors (Lipinski definition) is 1. The molecule has 5 heteroatoms. The van der Waals surface area contributed by atoms with Crippen molar-refractivity contribution in [3.63, 3.8) is 0 Å². The molecule has 0 bridgehead atoms. The van der Waals surface area contributed by atoms with Crippen LogP contribution in [-0.4, -0.2) is 46.3 Å². The Kier molecular flexibility index (Phi) is 4.43. The Hall–Kier alpha value is -0.710. The number of carbonyl (C=O) groups is 2. The molecule has 0 saturated carbocycles. The molecule has 2 atom stereocenters. The van der Waals surface area contributed by atoms with Crippen molar-refractivity contribution in [3.05, 3.63) is 0 Å². The van der Waals surface area contributed by atoms with Gasteiger partial charge in [-0.2, -0.15) is 11.8 Å². The third-order valence-corrected chi connectivity index (χ3v) is 5.52. The number of nitrogens with one attached hydrogen (secondary N) is 1. The Morgan fingerprint density at radius 1 is 1.47 bits per heavy atom. The van der Waals surface area contributed by atoms with Crippen LogP contribution in [0, 0.1) is 5.92 Å². The van der Waals surface area contributed by atoms with E-state index in [1.54, 1.807) is 0 Å². The quantitative estimate of drug-likeness (QED) is 0.857. The van der Waals surface area contributed by atoms with E-state index in [0.29, 0.717) is 13.0 Å². The summed E-state index contributed by atoms with van der Waals surface area (Å²) in [5.41, 5.74) is 0. The minimum atomic E-state index is -0.356. The first-order chi connectivity index (χ1) is 8.91. The van der Waals surface area contributed by atoms with E-state index >= 15 is 0 Å². The molecule has 0 radical (unpaired) electrons. The summed E-state index contributed by atoms with van der Waals surface area (Å²) in [6, 6.07) is -0.356. The lowest BCUT2D eigenvalue weighted by Gasteiger charge is -2.33. The fourth-order valence-electron chi connectivity index (χ4n) is 2.82. The van der Waals surface area contributed by atoms with Crippen molar-refractivity contribution in [1.29, 1.82) is 0 Å². The van der Waals surface area contributed by atoms with Crippen LogP contribution in [0.4, 0.5) is 0 Å². The summed E-state index contributed by atoms with van der Waals surface area (Å²) in [6.45, 7) is 7.54. The first kappa shape index (κ1) is 14.7. The van der Waals surface area contributed by atoms with E-state index in [1.165, 1.54) is 12.2 Å². The number of thioether (sulfide) groups is 1. The van der Waals surface area contributed by atoms with Gasteiger partial charge >= 0.3 is 0 Å². The minimum absolute atomic E-state index is 0.00113. The molecule has 2 aliphatic rings. The summed E-state index contributed by atoms with van der Waals surface area (Å²) >= 11 is 1.96. The van der Waals surface area contributed by atoms with E-state index in [0.717, 1.165) is 13.0 Å². The topological polar surface area (TPSA) is 49.4 Å². The SMILES string of the molecule is CC(C)C1NC(=O)CCN(CC2(C)CCCS2)C1=O. The fraction of sp³-hybridized carbons (Fsp3) is 0.857. The van der Waals surface area contributed by atoms with Gasteiger partial charge in [-0.1, -0.05) is 13.8 Å². The maximum atomic E-state index is 12.6. The zero-order valence-electron chi connectivity index (χ0n) is 12.1. The first-order valence-electron chi connectivity index (χ1n) is 7.13. The molecular weight excluding hydrogens is 260 g/mol. The molecule has 2 heterocycles. The van der Waals surface area contributed by atoms with Crippen LogP contribution in [-0.2, 0) is 9.59 Å². The van der Waals surface area contributed by atoms with Crippen molar-refractivity contribution in [3.8, 4) is 0 Å². The second-order valence-electron chi connectivity index (χ2n) is 6.20. The average Bonchev–Trinajstić information content (AvgIpc) is 2.71. The van der Waals surface area contributed by atoms with E-state index < -0.39 is 0 Å².